The van der Waals surface area contributed by atoms with E-state index in [1.165, 1.54) is 47.4 Å². The van der Waals surface area contributed by atoms with Crippen molar-refractivity contribution in [2.24, 2.45) is 0 Å². The lowest BCUT2D eigenvalue weighted by Crippen LogP contribution is -2.76. The minimum absolute atomic E-state index is 0.0142. The Kier molecular flexibility index (Phi) is 10.3. The van der Waals surface area contributed by atoms with Gasteiger partial charge in [0.25, 0.3) is 0 Å². The van der Waals surface area contributed by atoms with Gasteiger partial charge >= 0.3 is 6.03 Å². The number of piperazine rings is 1. The topological polar surface area (TPSA) is 115 Å². The molecule has 2 N–H and O–H groups in total. The number of para-hydroxylation sites is 1. The minimum atomic E-state index is -0.973. The van der Waals surface area contributed by atoms with Gasteiger partial charge in [0.1, 0.15) is 29.5 Å². The standard InChI is InChI=1S/C38H38FN5O6/c1-3-19-42-25-35(46)43-32(20-26-15-17-30(45)18-16-26)37(47)41(24-34(43)44(42)38(48)40-22-27-9-5-4-6-10-27)23-28-11-7-14-33(49-2)36(28)50-31-13-8-12-29(39)21-31/h3-18,21,32,34,45H,1,19-20,22-25H2,2H3,(H,40,48). The van der Waals surface area contributed by atoms with Crippen LogP contribution in [0.3, 0.4) is 0 Å². The molecule has 4 amide bonds. The number of hydrazine groups is 1. The van der Waals surface area contributed by atoms with Crippen molar-refractivity contribution in [2.45, 2.75) is 31.7 Å². The number of phenols is 1. The minimum Gasteiger partial charge on any atom is -0.508 e. The van der Waals surface area contributed by atoms with Crippen LogP contribution >= 0.6 is 0 Å². The van der Waals surface area contributed by atoms with E-state index in [0.717, 1.165) is 11.1 Å². The van der Waals surface area contributed by atoms with Gasteiger partial charge in [-0.3, -0.25) is 9.59 Å². The van der Waals surface area contributed by atoms with Gasteiger partial charge in [-0.1, -0.05) is 66.7 Å². The maximum Gasteiger partial charge on any atom is 0.334 e. The molecule has 0 radical (unpaired) electrons. The van der Waals surface area contributed by atoms with Crippen molar-refractivity contribution in [2.75, 3.05) is 26.7 Å². The molecule has 2 aliphatic heterocycles. The molecule has 2 aliphatic rings. The summed E-state index contributed by atoms with van der Waals surface area (Å²) in [7, 11) is 1.49. The first kappa shape index (κ1) is 34.0. The van der Waals surface area contributed by atoms with Crippen molar-refractivity contribution in [1.29, 1.82) is 0 Å². The van der Waals surface area contributed by atoms with Crippen LogP contribution in [-0.4, -0.2) is 81.7 Å². The zero-order valence-corrected chi connectivity index (χ0v) is 27.6. The molecule has 4 aromatic carbocycles. The normalized spacial score (nSPS) is 17.7. The number of ether oxygens (including phenoxy) is 2. The molecule has 12 heteroatoms. The number of nitrogens with zero attached hydrogens (tertiary/aromatic N) is 4. The van der Waals surface area contributed by atoms with Crippen molar-refractivity contribution in [3.8, 4) is 23.0 Å². The lowest BCUT2D eigenvalue weighted by atomic mass is 9.98. The van der Waals surface area contributed by atoms with Crippen LogP contribution in [-0.2, 0) is 29.1 Å². The third-order valence-corrected chi connectivity index (χ3v) is 8.69. The molecular weight excluding hydrogens is 641 g/mol. The van der Waals surface area contributed by atoms with Crippen molar-refractivity contribution in [1.82, 2.24) is 25.1 Å². The summed E-state index contributed by atoms with van der Waals surface area (Å²) in [5, 5.41) is 16.0. The van der Waals surface area contributed by atoms with E-state index >= 15 is 0 Å². The van der Waals surface area contributed by atoms with Crippen LogP contribution in [0.25, 0.3) is 0 Å². The number of hydrogen-bond donors (Lipinski definition) is 2. The molecule has 0 bridgehead atoms. The summed E-state index contributed by atoms with van der Waals surface area (Å²) in [5.41, 5.74) is 2.19. The van der Waals surface area contributed by atoms with E-state index < -0.39 is 24.1 Å². The molecule has 0 spiro atoms. The van der Waals surface area contributed by atoms with Crippen LogP contribution in [0.15, 0.2) is 110 Å². The van der Waals surface area contributed by atoms with Gasteiger partial charge in [-0.05, 0) is 41.5 Å². The smallest absolute Gasteiger partial charge is 0.334 e. The number of carbonyl (C=O) groups excluding carboxylic acids is 3. The molecule has 258 valence electrons. The van der Waals surface area contributed by atoms with E-state index in [1.807, 2.05) is 30.3 Å². The first-order valence-corrected chi connectivity index (χ1v) is 16.2. The molecule has 11 nitrogen and oxygen atoms in total. The molecule has 0 aliphatic carbocycles. The van der Waals surface area contributed by atoms with Gasteiger partial charge in [0.15, 0.2) is 11.5 Å². The SMILES string of the molecule is C=CCN1CC(=O)N2C(Cc3ccc(O)cc3)C(=O)N(Cc3cccc(OC)c3Oc3cccc(F)c3)CC2N1C(=O)NCc1ccccc1. The van der Waals surface area contributed by atoms with Gasteiger partial charge in [-0.25, -0.2) is 19.2 Å². The second-order valence-electron chi connectivity index (χ2n) is 12.0. The van der Waals surface area contributed by atoms with Gasteiger partial charge in [0.2, 0.25) is 11.8 Å². The molecule has 2 unspecified atom stereocenters. The molecule has 2 heterocycles. The van der Waals surface area contributed by atoms with E-state index in [9.17, 15) is 23.9 Å². The average Bonchev–Trinajstić information content (AvgIpc) is 3.11. The van der Waals surface area contributed by atoms with Crippen LogP contribution in [0, 0.1) is 5.82 Å². The Labute approximate surface area is 289 Å². The molecule has 2 saturated heterocycles. The summed E-state index contributed by atoms with van der Waals surface area (Å²) in [4.78, 5) is 45.5. The number of aromatic hydroxyl groups is 1. The molecule has 2 atom stereocenters. The second-order valence-corrected chi connectivity index (χ2v) is 12.0. The summed E-state index contributed by atoms with van der Waals surface area (Å²) in [5.74, 6) is -0.110. The zero-order valence-electron chi connectivity index (χ0n) is 27.6. The molecule has 0 aromatic heterocycles. The van der Waals surface area contributed by atoms with Crippen LogP contribution in [0.1, 0.15) is 16.7 Å². The van der Waals surface area contributed by atoms with Crippen LogP contribution in [0.4, 0.5) is 9.18 Å². The third-order valence-electron chi connectivity index (χ3n) is 8.69. The molecule has 4 aromatic rings. The number of amides is 4. The number of urea groups is 1. The quantitative estimate of drug-likeness (QED) is 0.213. The van der Waals surface area contributed by atoms with E-state index in [4.69, 9.17) is 9.47 Å². The fourth-order valence-electron chi connectivity index (χ4n) is 6.37. The molecule has 50 heavy (non-hydrogen) atoms. The Hall–Kier alpha value is -5.88. The number of rotatable bonds is 11. The average molecular weight is 680 g/mol. The predicted octanol–water partition coefficient (Wildman–Crippen LogP) is 5.07. The summed E-state index contributed by atoms with van der Waals surface area (Å²) >= 11 is 0. The monoisotopic (exact) mass is 679 g/mol. The van der Waals surface area contributed by atoms with Gasteiger partial charge in [-0.2, -0.15) is 0 Å². The fraction of sp³-hybridized carbons (Fsp3) is 0.237. The molecular formula is C38H38FN5O6. The van der Waals surface area contributed by atoms with Gasteiger partial charge < -0.3 is 29.7 Å². The Balaban J connectivity index is 1.37. The maximum absolute atomic E-state index is 14.5. The van der Waals surface area contributed by atoms with E-state index in [2.05, 4.69) is 11.9 Å². The van der Waals surface area contributed by atoms with Crippen LogP contribution < -0.4 is 14.8 Å². The Morgan fingerprint density at radius 3 is 2.48 bits per heavy atom. The van der Waals surface area contributed by atoms with Crippen LogP contribution in [0.5, 0.6) is 23.0 Å². The maximum atomic E-state index is 14.5. The van der Waals surface area contributed by atoms with Crippen LogP contribution in [0.2, 0.25) is 0 Å². The first-order chi connectivity index (χ1) is 24.2. The van der Waals surface area contributed by atoms with Gasteiger partial charge in [0.05, 0.1) is 20.2 Å². The van der Waals surface area contributed by atoms with Gasteiger partial charge in [0, 0.05) is 37.7 Å². The number of hydrogen-bond acceptors (Lipinski definition) is 7. The summed E-state index contributed by atoms with van der Waals surface area (Å²) < 4.78 is 25.8. The van der Waals surface area contributed by atoms with Crippen molar-refractivity contribution in [3.63, 3.8) is 0 Å². The summed E-state index contributed by atoms with van der Waals surface area (Å²) in [6.45, 7) is 4.19. The number of nitrogens with one attached hydrogen (secondary N) is 1. The predicted molar refractivity (Wildman–Crippen MR) is 183 cm³/mol. The third kappa shape index (κ3) is 7.40. The number of methoxy groups -OCH3 is 1. The summed E-state index contributed by atoms with van der Waals surface area (Å²) in [6, 6.07) is 25.5. The Morgan fingerprint density at radius 2 is 1.76 bits per heavy atom. The van der Waals surface area contributed by atoms with Crippen molar-refractivity contribution in [3.05, 3.63) is 132 Å². The number of carbonyl (C=O) groups is 3. The lowest BCUT2D eigenvalue weighted by Gasteiger charge is -2.55. The highest BCUT2D eigenvalue weighted by Gasteiger charge is 2.51. The Morgan fingerprint density at radius 1 is 1.00 bits per heavy atom. The Bertz CT molecular complexity index is 1860. The summed E-state index contributed by atoms with van der Waals surface area (Å²) in [6.07, 6.45) is 0.889. The molecule has 2 fully saturated rings. The number of halogens is 1. The zero-order chi connectivity index (χ0) is 35.2. The van der Waals surface area contributed by atoms with E-state index in [0.29, 0.717) is 17.1 Å². The van der Waals surface area contributed by atoms with E-state index in [-0.39, 0.29) is 62.5 Å². The van der Waals surface area contributed by atoms with Crippen molar-refractivity contribution < 1.29 is 33.4 Å². The highest BCUT2D eigenvalue weighted by molar-refractivity contribution is 5.91. The van der Waals surface area contributed by atoms with Crippen molar-refractivity contribution >= 4 is 17.8 Å². The largest absolute Gasteiger partial charge is 0.508 e. The highest BCUT2D eigenvalue weighted by atomic mass is 19.1. The number of phenolic OH excluding ortho intramolecular Hbond substituents is 1. The second kappa shape index (κ2) is 15.1. The van der Waals surface area contributed by atoms with Gasteiger partial charge in [-0.15, -0.1) is 6.58 Å². The number of benzene rings is 4. The highest BCUT2D eigenvalue weighted by Crippen LogP contribution is 2.37. The first-order valence-electron chi connectivity index (χ1n) is 16.2. The molecule has 6 rings (SSSR count). The molecule has 0 saturated carbocycles. The number of fused-ring (bicyclic) bond motifs is 1. The van der Waals surface area contributed by atoms with E-state index in [1.54, 1.807) is 52.4 Å². The lowest BCUT2D eigenvalue weighted by molar-refractivity contribution is -0.189. The fourth-order valence-corrected chi connectivity index (χ4v) is 6.37.